The standard InChI is InChI=1S/C24H33N5O2.HI/c1-5-22-21(23(6-2)31-28-22)15-27-24(25-3)26-14-18-10-7-8-11-19(18)16-29(4)17-20-12-9-13-30-20;/h7-13H,5-6,14-17H2,1-4H3,(H2,25,26,27);1H. The van der Waals surface area contributed by atoms with Crippen molar-refractivity contribution in [2.45, 2.75) is 52.9 Å². The summed E-state index contributed by atoms with van der Waals surface area (Å²) in [6, 6.07) is 12.4. The van der Waals surface area contributed by atoms with Gasteiger partial charge in [0, 0.05) is 38.7 Å². The van der Waals surface area contributed by atoms with Crippen LogP contribution in [0.1, 0.15) is 47.8 Å². The van der Waals surface area contributed by atoms with Gasteiger partial charge in [0.15, 0.2) is 5.96 Å². The Morgan fingerprint density at radius 3 is 2.41 bits per heavy atom. The molecule has 0 aliphatic carbocycles. The quantitative estimate of drug-likeness (QED) is 0.220. The first kappa shape index (κ1) is 25.9. The topological polar surface area (TPSA) is 78.8 Å². The van der Waals surface area contributed by atoms with Gasteiger partial charge in [-0.15, -0.1) is 24.0 Å². The van der Waals surface area contributed by atoms with Gasteiger partial charge in [0.1, 0.15) is 11.5 Å². The summed E-state index contributed by atoms with van der Waals surface area (Å²) in [4.78, 5) is 6.62. The average molecular weight is 551 g/mol. The fourth-order valence-corrected chi connectivity index (χ4v) is 3.61. The van der Waals surface area contributed by atoms with Crippen LogP contribution in [0.25, 0.3) is 0 Å². The first-order chi connectivity index (χ1) is 15.1. The number of aliphatic imine (C=N–C) groups is 1. The fourth-order valence-electron chi connectivity index (χ4n) is 3.61. The fraction of sp³-hybridized carbons (Fsp3) is 0.417. The summed E-state index contributed by atoms with van der Waals surface area (Å²) in [5, 5.41) is 11.0. The lowest BCUT2D eigenvalue weighted by molar-refractivity contribution is 0.287. The second kappa shape index (κ2) is 13.3. The molecule has 0 bridgehead atoms. The summed E-state index contributed by atoms with van der Waals surface area (Å²) in [5.41, 5.74) is 4.66. The molecule has 174 valence electrons. The smallest absolute Gasteiger partial charge is 0.191 e. The number of aromatic nitrogens is 1. The van der Waals surface area contributed by atoms with Crippen molar-refractivity contribution < 1.29 is 8.94 Å². The van der Waals surface area contributed by atoms with E-state index in [1.807, 2.05) is 12.1 Å². The first-order valence-electron chi connectivity index (χ1n) is 10.8. The van der Waals surface area contributed by atoms with Gasteiger partial charge < -0.3 is 19.6 Å². The number of nitrogens with zero attached hydrogens (tertiary/aromatic N) is 3. The molecule has 2 aromatic heterocycles. The van der Waals surface area contributed by atoms with Gasteiger partial charge in [0.2, 0.25) is 0 Å². The molecular weight excluding hydrogens is 517 g/mol. The third-order valence-corrected chi connectivity index (χ3v) is 5.27. The zero-order chi connectivity index (χ0) is 22.1. The highest BCUT2D eigenvalue weighted by Crippen LogP contribution is 2.16. The molecule has 0 saturated heterocycles. The zero-order valence-corrected chi connectivity index (χ0v) is 21.7. The Kier molecular flexibility index (Phi) is 10.8. The minimum Gasteiger partial charge on any atom is -0.468 e. The van der Waals surface area contributed by atoms with E-state index in [4.69, 9.17) is 8.94 Å². The molecule has 1 aromatic carbocycles. The summed E-state index contributed by atoms with van der Waals surface area (Å²) >= 11 is 0. The van der Waals surface area contributed by atoms with Crippen LogP contribution >= 0.6 is 24.0 Å². The third kappa shape index (κ3) is 7.09. The summed E-state index contributed by atoms with van der Waals surface area (Å²) in [5.74, 6) is 2.66. The molecule has 0 aliphatic rings. The molecule has 0 radical (unpaired) electrons. The monoisotopic (exact) mass is 551 g/mol. The molecule has 32 heavy (non-hydrogen) atoms. The number of hydrogen-bond acceptors (Lipinski definition) is 5. The lowest BCUT2D eigenvalue weighted by Crippen LogP contribution is -2.37. The van der Waals surface area contributed by atoms with Gasteiger partial charge in [-0.1, -0.05) is 43.3 Å². The molecule has 0 fully saturated rings. The molecule has 0 atom stereocenters. The molecule has 0 saturated carbocycles. The van der Waals surface area contributed by atoms with Crippen LogP contribution < -0.4 is 10.6 Å². The number of rotatable bonds is 10. The van der Waals surface area contributed by atoms with Crippen LogP contribution in [0.5, 0.6) is 0 Å². The van der Waals surface area contributed by atoms with Gasteiger partial charge in [-0.3, -0.25) is 9.89 Å². The maximum Gasteiger partial charge on any atom is 0.191 e. The predicted molar refractivity (Wildman–Crippen MR) is 138 cm³/mol. The summed E-state index contributed by atoms with van der Waals surface area (Å²) in [6.45, 7) is 7.11. The maximum atomic E-state index is 5.47. The van der Waals surface area contributed by atoms with E-state index in [0.717, 1.165) is 54.7 Å². The van der Waals surface area contributed by atoms with Crippen molar-refractivity contribution in [2.24, 2.45) is 4.99 Å². The number of aryl methyl sites for hydroxylation is 2. The molecule has 2 N–H and O–H groups in total. The Hall–Kier alpha value is -2.33. The number of halogens is 1. The first-order valence-corrected chi connectivity index (χ1v) is 10.8. The van der Waals surface area contributed by atoms with Crippen molar-refractivity contribution in [1.29, 1.82) is 0 Å². The van der Waals surface area contributed by atoms with Crippen LogP contribution in [-0.4, -0.2) is 30.1 Å². The highest BCUT2D eigenvalue weighted by atomic mass is 127. The largest absolute Gasteiger partial charge is 0.468 e. The lowest BCUT2D eigenvalue weighted by Gasteiger charge is -2.19. The van der Waals surface area contributed by atoms with Gasteiger partial charge in [0.25, 0.3) is 0 Å². The summed E-state index contributed by atoms with van der Waals surface area (Å²) in [6.07, 6.45) is 3.40. The van der Waals surface area contributed by atoms with Crippen molar-refractivity contribution in [3.05, 3.63) is 76.6 Å². The molecule has 2 heterocycles. The normalized spacial score (nSPS) is 11.5. The number of nitrogens with one attached hydrogen (secondary N) is 2. The van der Waals surface area contributed by atoms with Crippen molar-refractivity contribution in [2.75, 3.05) is 14.1 Å². The Morgan fingerprint density at radius 1 is 1.00 bits per heavy atom. The van der Waals surface area contributed by atoms with E-state index in [-0.39, 0.29) is 24.0 Å². The van der Waals surface area contributed by atoms with Crippen molar-refractivity contribution in [3.8, 4) is 0 Å². The van der Waals surface area contributed by atoms with Gasteiger partial charge >= 0.3 is 0 Å². The summed E-state index contributed by atoms with van der Waals surface area (Å²) < 4.78 is 10.9. The van der Waals surface area contributed by atoms with E-state index in [1.54, 1.807) is 13.3 Å². The van der Waals surface area contributed by atoms with Gasteiger partial charge in [-0.2, -0.15) is 0 Å². The third-order valence-electron chi connectivity index (χ3n) is 5.27. The zero-order valence-electron chi connectivity index (χ0n) is 19.4. The van der Waals surface area contributed by atoms with Gasteiger partial charge in [0.05, 0.1) is 18.5 Å². The molecular formula is C24H34IN5O2. The highest BCUT2D eigenvalue weighted by Gasteiger charge is 2.14. The molecule has 3 rings (SSSR count). The van der Waals surface area contributed by atoms with E-state index < -0.39 is 0 Å². The Labute approximate surface area is 207 Å². The van der Waals surface area contributed by atoms with Crippen LogP contribution in [0.3, 0.4) is 0 Å². The van der Waals surface area contributed by atoms with E-state index in [9.17, 15) is 0 Å². The number of benzene rings is 1. The SMILES string of the molecule is CCc1noc(CC)c1CNC(=NC)NCc1ccccc1CN(C)Cc1ccco1.I. The summed E-state index contributed by atoms with van der Waals surface area (Å²) in [7, 11) is 3.89. The van der Waals surface area contributed by atoms with Crippen molar-refractivity contribution >= 4 is 29.9 Å². The van der Waals surface area contributed by atoms with E-state index in [2.05, 4.69) is 70.8 Å². The van der Waals surface area contributed by atoms with Crippen LogP contribution in [0.2, 0.25) is 0 Å². The highest BCUT2D eigenvalue weighted by molar-refractivity contribution is 14.0. The Morgan fingerprint density at radius 2 is 1.75 bits per heavy atom. The molecule has 3 aromatic rings. The van der Waals surface area contributed by atoms with Crippen LogP contribution in [0, 0.1) is 0 Å². The van der Waals surface area contributed by atoms with E-state index in [1.165, 1.54) is 11.1 Å². The molecule has 0 amide bonds. The lowest BCUT2D eigenvalue weighted by atomic mass is 10.1. The second-order valence-electron chi connectivity index (χ2n) is 7.54. The van der Waals surface area contributed by atoms with Gasteiger partial charge in [-0.05, 0) is 36.7 Å². The van der Waals surface area contributed by atoms with Crippen molar-refractivity contribution in [1.82, 2.24) is 20.7 Å². The molecule has 8 heteroatoms. The number of furan rings is 1. The minimum absolute atomic E-state index is 0. The molecule has 0 spiro atoms. The van der Waals surface area contributed by atoms with E-state index in [0.29, 0.717) is 13.1 Å². The molecule has 0 unspecified atom stereocenters. The Balaban J connectivity index is 0.00000363. The maximum absolute atomic E-state index is 5.47. The number of guanidine groups is 1. The average Bonchev–Trinajstić information content (AvgIpc) is 3.44. The van der Waals surface area contributed by atoms with Crippen LogP contribution in [0.4, 0.5) is 0 Å². The predicted octanol–water partition coefficient (Wildman–Crippen LogP) is 4.51. The Bertz CT molecular complexity index is 947. The van der Waals surface area contributed by atoms with Crippen LogP contribution in [0.15, 0.2) is 56.6 Å². The minimum atomic E-state index is 0. The second-order valence-corrected chi connectivity index (χ2v) is 7.54. The van der Waals surface area contributed by atoms with E-state index >= 15 is 0 Å². The van der Waals surface area contributed by atoms with Crippen LogP contribution in [-0.2, 0) is 39.0 Å². The number of hydrogen-bond donors (Lipinski definition) is 2. The molecule has 7 nitrogen and oxygen atoms in total. The molecule has 0 aliphatic heterocycles. The van der Waals surface area contributed by atoms with Gasteiger partial charge in [-0.25, -0.2) is 0 Å². The van der Waals surface area contributed by atoms with Crippen molar-refractivity contribution in [3.63, 3.8) is 0 Å².